The molecule has 0 spiro atoms. The van der Waals surface area contributed by atoms with Gasteiger partial charge < -0.3 is 4.74 Å². The molecule has 1 aromatic rings. The molecular weight excluding hydrogens is 232 g/mol. The molecule has 0 aromatic heterocycles. The Kier molecular flexibility index (Phi) is 3.28. The molecule has 1 saturated carbocycles. The maximum atomic E-state index is 6.27. The maximum Gasteiger partial charge on any atom is 0.122 e. The highest BCUT2D eigenvalue weighted by Gasteiger charge is 2.28. The van der Waals surface area contributed by atoms with Gasteiger partial charge in [0.2, 0.25) is 0 Å². The van der Waals surface area contributed by atoms with Gasteiger partial charge in [-0.05, 0) is 31.2 Å². The molecule has 1 aromatic carbocycles. The zero-order valence-corrected chi connectivity index (χ0v) is 10.8. The molecule has 0 radical (unpaired) electrons. The monoisotopic (exact) mass is 250 g/mol. The summed E-state index contributed by atoms with van der Waals surface area (Å²) in [6.07, 6.45) is 6.30. The number of alkyl halides is 1. The van der Waals surface area contributed by atoms with Crippen molar-refractivity contribution in [2.45, 2.75) is 43.4 Å². The second kappa shape index (κ2) is 4.89. The van der Waals surface area contributed by atoms with E-state index in [-0.39, 0.29) is 0 Å². The summed E-state index contributed by atoms with van der Waals surface area (Å²) in [6, 6.07) is 8.47. The molecule has 0 N–H and O–H groups in total. The van der Waals surface area contributed by atoms with Crippen molar-refractivity contribution in [3.63, 3.8) is 0 Å². The highest BCUT2D eigenvalue weighted by molar-refractivity contribution is 6.20. The molecule has 3 unspecified atom stereocenters. The van der Waals surface area contributed by atoms with Crippen molar-refractivity contribution < 1.29 is 4.74 Å². The van der Waals surface area contributed by atoms with Crippen molar-refractivity contribution in [3.8, 4) is 5.75 Å². The predicted octanol–water partition coefficient (Wildman–Crippen LogP) is 4.35. The van der Waals surface area contributed by atoms with Crippen molar-refractivity contribution in [1.82, 2.24) is 0 Å². The topological polar surface area (TPSA) is 9.23 Å². The van der Waals surface area contributed by atoms with Crippen molar-refractivity contribution >= 4 is 11.6 Å². The van der Waals surface area contributed by atoms with Crippen LogP contribution < -0.4 is 4.74 Å². The van der Waals surface area contributed by atoms with E-state index >= 15 is 0 Å². The Hall–Kier alpha value is -0.690. The number of halogens is 1. The van der Waals surface area contributed by atoms with Gasteiger partial charge in [-0.15, -0.1) is 11.6 Å². The lowest BCUT2D eigenvalue weighted by Gasteiger charge is -2.27. The minimum atomic E-state index is 0.409. The average Bonchev–Trinajstić information content (AvgIpc) is 2.73. The van der Waals surface area contributed by atoms with Crippen LogP contribution in [0.4, 0.5) is 0 Å². The zero-order valence-electron chi connectivity index (χ0n) is 10.1. The molecule has 3 rings (SSSR count). The Labute approximate surface area is 108 Å². The molecule has 1 heterocycles. The lowest BCUT2D eigenvalue weighted by atomic mass is 9.81. The molecular formula is C15H19ClO. The molecule has 92 valence electrons. The second-order valence-corrected chi connectivity index (χ2v) is 6.03. The standard InChI is InChI=1S/C15H19ClO/c16-13-5-3-4-11(9-13)8-12-10-17-15-7-2-1-6-14(12)15/h1-2,6-7,11-13H,3-5,8-10H2. The number of ether oxygens (including phenoxy) is 1. The predicted molar refractivity (Wildman–Crippen MR) is 70.9 cm³/mol. The Morgan fingerprint density at radius 2 is 2.12 bits per heavy atom. The summed E-state index contributed by atoms with van der Waals surface area (Å²) < 4.78 is 5.75. The van der Waals surface area contributed by atoms with E-state index in [1.54, 1.807) is 0 Å². The summed E-state index contributed by atoms with van der Waals surface area (Å²) in [7, 11) is 0. The molecule has 17 heavy (non-hydrogen) atoms. The van der Waals surface area contributed by atoms with Gasteiger partial charge in [0.1, 0.15) is 5.75 Å². The minimum absolute atomic E-state index is 0.409. The third kappa shape index (κ3) is 2.44. The van der Waals surface area contributed by atoms with Gasteiger partial charge in [-0.2, -0.15) is 0 Å². The first-order valence-corrected chi connectivity index (χ1v) is 7.12. The molecule has 2 heteroatoms. The average molecular weight is 251 g/mol. The van der Waals surface area contributed by atoms with Crippen molar-refractivity contribution in [1.29, 1.82) is 0 Å². The fraction of sp³-hybridized carbons (Fsp3) is 0.600. The van der Waals surface area contributed by atoms with E-state index in [0.717, 1.165) is 18.3 Å². The smallest absolute Gasteiger partial charge is 0.122 e. The fourth-order valence-electron chi connectivity index (χ4n) is 3.27. The molecule has 3 atom stereocenters. The van der Waals surface area contributed by atoms with Crippen LogP contribution in [0.2, 0.25) is 0 Å². The van der Waals surface area contributed by atoms with Crippen LogP contribution in [0.25, 0.3) is 0 Å². The summed E-state index contributed by atoms with van der Waals surface area (Å²) >= 11 is 6.27. The van der Waals surface area contributed by atoms with Gasteiger partial charge in [0.25, 0.3) is 0 Å². The Morgan fingerprint density at radius 3 is 3.00 bits per heavy atom. The summed E-state index contributed by atoms with van der Waals surface area (Å²) in [5, 5.41) is 0.409. The number of para-hydroxylation sites is 1. The molecule has 1 aliphatic carbocycles. The van der Waals surface area contributed by atoms with Gasteiger partial charge in [0.05, 0.1) is 6.61 Å². The largest absolute Gasteiger partial charge is 0.493 e. The van der Waals surface area contributed by atoms with Crippen LogP contribution in [0, 0.1) is 5.92 Å². The minimum Gasteiger partial charge on any atom is -0.493 e. The molecule has 2 aliphatic rings. The Morgan fingerprint density at radius 1 is 1.24 bits per heavy atom. The first kappa shape index (κ1) is 11.4. The quantitative estimate of drug-likeness (QED) is 0.709. The lowest BCUT2D eigenvalue weighted by Crippen LogP contribution is -2.18. The van der Waals surface area contributed by atoms with Crippen LogP contribution in [0.3, 0.4) is 0 Å². The van der Waals surface area contributed by atoms with Crippen LogP contribution in [-0.4, -0.2) is 12.0 Å². The van der Waals surface area contributed by atoms with Crippen LogP contribution in [0.5, 0.6) is 5.75 Å². The first-order chi connectivity index (χ1) is 8.33. The third-order valence-electron chi connectivity index (χ3n) is 4.14. The molecule has 1 nitrogen and oxygen atoms in total. The van der Waals surface area contributed by atoms with Gasteiger partial charge in [0.15, 0.2) is 0 Å². The summed E-state index contributed by atoms with van der Waals surface area (Å²) in [4.78, 5) is 0. The normalized spacial score (nSPS) is 31.9. The van der Waals surface area contributed by atoms with E-state index in [9.17, 15) is 0 Å². The Balaban J connectivity index is 1.67. The fourth-order valence-corrected chi connectivity index (χ4v) is 3.67. The van der Waals surface area contributed by atoms with Gasteiger partial charge >= 0.3 is 0 Å². The molecule has 1 aliphatic heterocycles. The van der Waals surface area contributed by atoms with E-state index < -0.39 is 0 Å². The summed E-state index contributed by atoms with van der Waals surface area (Å²) in [5.74, 6) is 2.49. The first-order valence-electron chi connectivity index (χ1n) is 6.68. The highest BCUT2D eigenvalue weighted by atomic mass is 35.5. The van der Waals surface area contributed by atoms with Crippen LogP contribution in [0.1, 0.15) is 43.6 Å². The number of rotatable bonds is 2. The van der Waals surface area contributed by atoms with Crippen LogP contribution in [0.15, 0.2) is 24.3 Å². The van der Waals surface area contributed by atoms with Gasteiger partial charge in [-0.25, -0.2) is 0 Å². The zero-order chi connectivity index (χ0) is 11.7. The molecule has 0 amide bonds. The molecule has 0 saturated heterocycles. The van der Waals surface area contributed by atoms with Crippen LogP contribution >= 0.6 is 11.6 Å². The highest BCUT2D eigenvalue weighted by Crippen LogP contribution is 2.40. The molecule has 0 bridgehead atoms. The van der Waals surface area contributed by atoms with E-state index in [0.29, 0.717) is 11.3 Å². The van der Waals surface area contributed by atoms with Gasteiger partial charge in [0, 0.05) is 16.9 Å². The number of hydrogen-bond acceptors (Lipinski definition) is 1. The lowest BCUT2D eigenvalue weighted by molar-refractivity contribution is 0.276. The third-order valence-corrected chi connectivity index (χ3v) is 4.53. The van der Waals surface area contributed by atoms with Crippen molar-refractivity contribution in [2.24, 2.45) is 5.92 Å². The summed E-state index contributed by atoms with van der Waals surface area (Å²) in [6.45, 7) is 0.864. The number of hydrogen-bond donors (Lipinski definition) is 0. The number of fused-ring (bicyclic) bond motifs is 1. The SMILES string of the molecule is ClC1CCCC(CC2COc3ccccc32)C1. The number of benzene rings is 1. The van der Waals surface area contributed by atoms with E-state index in [2.05, 4.69) is 24.3 Å². The van der Waals surface area contributed by atoms with Gasteiger partial charge in [-0.1, -0.05) is 31.0 Å². The maximum absolute atomic E-state index is 6.27. The van der Waals surface area contributed by atoms with E-state index in [4.69, 9.17) is 16.3 Å². The second-order valence-electron chi connectivity index (χ2n) is 5.41. The van der Waals surface area contributed by atoms with E-state index in [1.807, 2.05) is 0 Å². The van der Waals surface area contributed by atoms with Crippen molar-refractivity contribution in [3.05, 3.63) is 29.8 Å². The van der Waals surface area contributed by atoms with Crippen molar-refractivity contribution in [2.75, 3.05) is 6.61 Å². The summed E-state index contributed by atoms with van der Waals surface area (Å²) in [5.41, 5.74) is 1.41. The Bertz CT molecular complexity index is 390. The van der Waals surface area contributed by atoms with Gasteiger partial charge in [-0.3, -0.25) is 0 Å². The van der Waals surface area contributed by atoms with E-state index in [1.165, 1.54) is 37.7 Å². The van der Waals surface area contributed by atoms with Crippen LogP contribution in [-0.2, 0) is 0 Å². The molecule has 1 fully saturated rings.